The predicted molar refractivity (Wildman–Crippen MR) is 71.6 cm³/mol. The topological polar surface area (TPSA) is 66.8 Å². The molecule has 0 spiro atoms. The first kappa shape index (κ1) is 14.0. The van der Waals surface area contributed by atoms with E-state index in [2.05, 4.69) is 0 Å². The Morgan fingerprint density at radius 1 is 1.42 bits per heavy atom. The minimum Gasteiger partial charge on any atom is -0.480 e. The van der Waals surface area contributed by atoms with Crippen LogP contribution in [0.3, 0.4) is 0 Å². The third kappa shape index (κ3) is 3.54. The van der Waals surface area contributed by atoms with E-state index in [9.17, 15) is 9.59 Å². The Hall–Kier alpha value is -1.40. The summed E-state index contributed by atoms with van der Waals surface area (Å²) in [6.45, 7) is 2.84. The molecule has 0 saturated carbocycles. The highest BCUT2D eigenvalue weighted by Gasteiger charge is 2.28. The van der Waals surface area contributed by atoms with Gasteiger partial charge in [-0.05, 0) is 31.9 Å². The molecular weight excluding hydrogens is 266 g/mol. The number of thiophene rings is 1. The number of aryl methyl sites for hydroxylation is 1. The van der Waals surface area contributed by atoms with E-state index >= 15 is 0 Å². The normalized spacial score (nSPS) is 16.3. The average Bonchev–Trinajstić information content (AvgIpc) is 2.83. The predicted octanol–water partition coefficient (Wildman–Crippen LogP) is 1.76. The van der Waals surface area contributed by atoms with Crippen molar-refractivity contribution >= 4 is 23.2 Å². The van der Waals surface area contributed by atoms with Crippen molar-refractivity contribution in [3.05, 3.63) is 21.9 Å². The Balaban J connectivity index is 2.16. The second-order valence-electron chi connectivity index (χ2n) is 4.58. The van der Waals surface area contributed by atoms with Crippen LogP contribution in [0.5, 0.6) is 0 Å². The van der Waals surface area contributed by atoms with Crippen LogP contribution in [-0.2, 0) is 9.53 Å². The summed E-state index contributed by atoms with van der Waals surface area (Å²) in [7, 11) is 0. The van der Waals surface area contributed by atoms with Crippen LogP contribution in [-0.4, -0.2) is 47.7 Å². The van der Waals surface area contributed by atoms with Gasteiger partial charge in [-0.1, -0.05) is 0 Å². The summed E-state index contributed by atoms with van der Waals surface area (Å²) >= 11 is 1.40. The second kappa shape index (κ2) is 6.16. The highest BCUT2D eigenvalue weighted by atomic mass is 32.1. The van der Waals surface area contributed by atoms with E-state index in [1.807, 2.05) is 13.0 Å². The Bertz CT molecular complexity index is 465. The largest absolute Gasteiger partial charge is 0.480 e. The van der Waals surface area contributed by atoms with Crippen molar-refractivity contribution in [1.29, 1.82) is 0 Å². The number of nitrogens with zero attached hydrogens (tertiary/aromatic N) is 1. The minimum atomic E-state index is -0.979. The fraction of sp³-hybridized carbons (Fsp3) is 0.538. The quantitative estimate of drug-likeness (QED) is 0.914. The van der Waals surface area contributed by atoms with Crippen molar-refractivity contribution in [2.24, 2.45) is 0 Å². The summed E-state index contributed by atoms with van der Waals surface area (Å²) < 4.78 is 5.26. The monoisotopic (exact) mass is 283 g/mol. The van der Waals surface area contributed by atoms with E-state index in [0.29, 0.717) is 30.9 Å². The molecule has 2 heterocycles. The van der Waals surface area contributed by atoms with Crippen LogP contribution in [0.25, 0.3) is 0 Å². The summed E-state index contributed by atoms with van der Waals surface area (Å²) in [6, 6.07) is 3.59. The van der Waals surface area contributed by atoms with Crippen LogP contribution in [0.1, 0.15) is 27.4 Å². The lowest BCUT2D eigenvalue weighted by Crippen LogP contribution is -2.45. The van der Waals surface area contributed by atoms with E-state index in [0.717, 1.165) is 4.88 Å². The fourth-order valence-corrected chi connectivity index (χ4v) is 3.02. The van der Waals surface area contributed by atoms with E-state index in [1.165, 1.54) is 16.2 Å². The van der Waals surface area contributed by atoms with Gasteiger partial charge in [0.2, 0.25) is 0 Å². The number of ether oxygens (including phenoxy) is 1. The molecule has 0 atom stereocenters. The maximum Gasteiger partial charge on any atom is 0.323 e. The van der Waals surface area contributed by atoms with Crippen LogP contribution in [0.15, 0.2) is 12.1 Å². The first-order chi connectivity index (χ1) is 9.08. The van der Waals surface area contributed by atoms with E-state index in [4.69, 9.17) is 9.84 Å². The van der Waals surface area contributed by atoms with Gasteiger partial charge in [0.25, 0.3) is 5.91 Å². The number of amides is 1. The molecule has 1 N–H and O–H groups in total. The van der Waals surface area contributed by atoms with Gasteiger partial charge in [0.15, 0.2) is 0 Å². The summed E-state index contributed by atoms with van der Waals surface area (Å²) in [6.07, 6.45) is 1.40. The minimum absolute atomic E-state index is 0.0419. The molecule has 1 aromatic heterocycles. The number of carbonyl (C=O) groups excluding carboxylic acids is 1. The number of carboxylic acids is 1. The van der Waals surface area contributed by atoms with Gasteiger partial charge in [-0.3, -0.25) is 9.59 Å². The standard InChI is InChI=1S/C13H17NO4S/c1-9-2-3-11(19-9)13(17)14(8-12(15)16)10-4-6-18-7-5-10/h2-3,10H,4-8H2,1H3,(H,15,16). The van der Waals surface area contributed by atoms with Gasteiger partial charge in [-0.2, -0.15) is 0 Å². The van der Waals surface area contributed by atoms with Gasteiger partial charge in [0.1, 0.15) is 6.54 Å². The van der Waals surface area contributed by atoms with Crippen molar-refractivity contribution in [3.63, 3.8) is 0 Å². The van der Waals surface area contributed by atoms with Crippen LogP contribution in [0.2, 0.25) is 0 Å². The Morgan fingerprint density at radius 3 is 2.63 bits per heavy atom. The van der Waals surface area contributed by atoms with Crippen molar-refractivity contribution in [1.82, 2.24) is 4.90 Å². The Kier molecular flexibility index (Phi) is 4.55. The number of hydrogen-bond donors (Lipinski definition) is 1. The summed E-state index contributed by atoms with van der Waals surface area (Å²) in [4.78, 5) is 26.5. The van der Waals surface area contributed by atoms with Crippen LogP contribution in [0.4, 0.5) is 0 Å². The number of carboxylic acid groups (broad SMARTS) is 1. The molecule has 1 aromatic rings. The van der Waals surface area contributed by atoms with Crippen molar-refractivity contribution in [2.45, 2.75) is 25.8 Å². The highest BCUT2D eigenvalue weighted by molar-refractivity contribution is 7.13. The Labute approximate surface area is 115 Å². The summed E-state index contributed by atoms with van der Waals surface area (Å²) in [5.74, 6) is -1.17. The molecular formula is C13H17NO4S. The summed E-state index contributed by atoms with van der Waals surface area (Å²) in [5.41, 5.74) is 0. The van der Waals surface area contributed by atoms with Gasteiger partial charge in [-0.15, -0.1) is 11.3 Å². The zero-order valence-corrected chi connectivity index (χ0v) is 11.6. The molecule has 1 saturated heterocycles. The zero-order valence-electron chi connectivity index (χ0n) is 10.8. The van der Waals surface area contributed by atoms with Crippen molar-refractivity contribution in [3.8, 4) is 0 Å². The van der Waals surface area contributed by atoms with Crippen molar-refractivity contribution < 1.29 is 19.4 Å². The van der Waals surface area contributed by atoms with Gasteiger partial charge in [-0.25, -0.2) is 0 Å². The lowest BCUT2D eigenvalue weighted by molar-refractivity contribution is -0.138. The Morgan fingerprint density at radius 2 is 2.11 bits per heavy atom. The molecule has 1 aliphatic heterocycles. The molecule has 0 radical (unpaired) electrons. The first-order valence-electron chi connectivity index (χ1n) is 6.25. The number of aliphatic carboxylic acids is 1. The first-order valence-corrected chi connectivity index (χ1v) is 7.06. The molecule has 0 aromatic carbocycles. The molecule has 0 aliphatic carbocycles. The van der Waals surface area contributed by atoms with Gasteiger partial charge in [0.05, 0.1) is 4.88 Å². The van der Waals surface area contributed by atoms with E-state index in [1.54, 1.807) is 6.07 Å². The number of carbonyl (C=O) groups is 2. The third-order valence-corrected chi connectivity index (χ3v) is 4.14. The third-order valence-electron chi connectivity index (χ3n) is 3.15. The van der Waals surface area contributed by atoms with Gasteiger partial charge < -0.3 is 14.7 Å². The van der Waals surface area contributed by atoms with Crippen LogP contribution in [0, 0.1) is 6.92 Å². The highest BCUT2D eigenvalue weighted by Crippen LogP contribution is 2.21. The van der Waals surface area contributed by atoms with Crippen molar-refractivity contribution in [2.75, 3.05) is 19.8 Å². The molecule has 104 valence electrons. The smallest absolute Gasteiger partial charge is 0.323 e. The lowest BCUT2D eigenvalue weighted by atomic mass is 10.1. The molecule has 5 nitrogen and oxygen atoms in total. The fourth-order valence-electron chi connectivity index (χ4n) is 2.20. The molecule has 2 rings (SSSR count). The molecule has 1 fully saturated rings. The lowest BCUT2D eigenvalue weighted by Gasteiger charge is -2.32. The maximum absolute atomic E-state index is 12.4. The number of rotatable bonds is 4. The van der Waals surface area contributed by atoms with Crippen LogP contribution < -0.4 is 0 Å². The van der Waals surface area contributed by atoms with Crippen LogP contribution >= 0.6 is 11.3 Å². The molecule has 1 amide bonds. The second-order valence-corrected chi connectivity index (χ2v) is 5.87. The average molecular weight is 283 g/mol. The summed E-state index contributed by atoms with van der Waals surface area (Å²) in [5, 5.41) is 8.99. The maximum atomic E-state index is 12.4. The molecule has 19 heavy (non-hydrogen) atoms. The van der Waals surface area contributed by atoms with E-state index in [-0.39, 0.29) is 18.5 Å². The molecule has 6 heteroatoms. The van der Waals surface area contributed by atoms with Gasteiger partial charge in [0, 0.05) is 24.1 Å². The zero-order chi connectivity index (χ0) is 13.8. The SMILES string of the molecule is Cc1ccc(C(=O)N(CC(=O)O)C2CCOCC2)s1. The molecule has 1 aliphatic rings. The van der Waals surface area contributed by atoms with E-state index < -0.39 is 5.97 Å². The number of hydrogen-bond acceptors (Lipinski definition) is 4. The van der Waals surface area contributed by atoms with Gasteiger partial charge >= 0.3 is 5.97 Å². The molecule has 0 unspecified atom stereocenters. The molecule has 0 bridgehead atoms.